The lowest BCUT2D eigenvalue weighted by Crippen LogP contribution is -2.40. The SMILES string of the molecule is CC(C)N(CCNc1nc(-c2cccc(N)c2)nc2c1ncn2C(C)C)C(C)C. The quantitative estimate of drug-likeness (QED) is 0.556. The van der Waals surface area contributed by atoms with Crippen molar-refractivity contribution in [2.75, 3.05) is 24.1 Å². The number of nitrogens with one attached hydrogen (secondary N) is 1. The minimum atomic E-state index is 0.258. The maximum Gasteiger partial charge on any atom is 0.166 e. The van der Waals surface area contributed by atoms with Crippen molar-refractivity contribution in [3.05, 3.63) is 30.6 Å². The zero-order valence-corrected chi connectivity index (χ0v) is 18.3. The molecule has 156 valence electrons. The van der Waals surface area contributed by atoms with Crippen molar-refractivity contribution in [3.63, 3.8) is 0 Å². The van der Waals surface area contributed by atoms with E-state index < -0.39 is 0 Å². The molecule has 0 saturated heterocycles. The van der Waals surface area contributed by atoms with Gasteiger partial charge in [0.15, 0.2) is 17.3 Å². The van der Waals surface area contributed by atoms with Crippen LogP contribution in [0, 0.1) is 0 Å². The summed E-state index contributed by atoms with van der Waals surface area (Å²) in [4.78, 5) is 16.7. The van der Waals surface area contributed by atoms with Gasteiger partial charge in [0.25, 0.3) is 0 Å². The van der Waals surface area contributed by atoms with Gasteiger partial charge in [-0.1, -0.05) is 12.1 Å². The summed E-state index contributed by atoms with van der Waals surface area (Å²) < 4.78 is 2.08. The number of aromatic nitrogens is 4. The molecular weight excluding hydrogens is 362 g/mol. The number of imidazole rings is 1. The normalized spacial score (nSPS) is 12.1. The van der Waals surface area contributed by atoms with Crippen LogP contribution in [0.1, 0.15) is 47.6 Å². The standard InChI is InChI=1S/C22H33N7/c1-14(2)28(15(3)4)11-10-24-21-19-22(29(13-25-19)16(5)6)27-20(26-21)17-8-7-9-18(23)12-17/h7-9,12-16H,10-11,23H2,1-6H3,(H,24,26,27). The molecule has 3 N–H and O–H groups in total. The average molecular weight is 396 g/mol. The Labute approximate surface area is 173 Å². The van der Waals surface area contributed by atoms with Crippen molar-refractivity contribution >= 4 is 22.7 Å². The Morgan fingerprint density at radius 1 is 1.07 bits per heavy atom. The van der Waals surface area contributed by atoms with Gasteiger partial charge in [0, 0.05) is 42.5 Å². The number of rotatable bonds is 8. The third-order valence-corrected chi connectivity index (χ3v) is 5.11. The number of benzene rings is 1. The minimum Gasteiger partial charge on any atom is -0.399 e. The highest BCUT2D eigenvalue weighted by Gasteiger charge is 2.17. The zero-order chi connectivity index (χ0) is 21.1. The van der Waals surface area contributed by atoms with E-state index in [-0.39, 0.29) is 6.04 Å². The summed E-state index contributed by atoms with van der Waals surface area (Å²) in [6.07, 6.45) is 1.84. The van der Waals surface area contributed by atoms with Gasteiger partial charge in [-0.15, -0.1) is 0 Å². The molecule has 0 bridgehead atoms. The van der Waals surface area contributed by atoms with E-state index >= 15 is 0 Å². The maximum atomic E-state index is 5.98. The molecule has 29 heavy (non-hydrogen) atoms. The van der Waals surface area contributed by atoms with Crippen molar-refractivity contribution in [1.82, 2.24) is 24.4 Å². The van der Waals surface area contributed by atoms with Gasteiger partial charge in [0.05, 0.1) is 6.33 Å². The smallest absolute Gasteiger partial charge is 0.166 e. The molecular formula is C22H33N7. The van der Waals surface area contributed by atoms with Crippen LogP contribution in [-0.4, -0.2) is 49.6 Å². The van der Waals surface area contributed by atoms with Gasteiger partial charge in [-0.25, -0.2) is 15.0 Å². The summed E-state index contributed by atoms with van der Waals surface area (Å²) in [7, 11) is 0. The third-order valence-electron chi connectivity index (χ3n) is 5.11. The van der Waals surface area contributed by atoms with Gasteiger partial charge in [-0.05, 0) is 53.7 Å². The van der Waals surface area contributed by atoms with Gasteiger partial charge in [0.1, 0.15) is 5.52 Å². The molecule has 3 rings (SSSR count). The monoisotopic (exact) mass is 395 g/mol. The van der Waals surface area contributed by atoms with E-state index in [0.29, 0.717) is 23.6 Å². The van der Waals surface area contributed by atoms with Crippen LogP contribution >= 0.6 is 0 Å². The van der Waals surface area contributed by atoms with E-state index in [1.165, 1.54) is 0 Å². The van der Waals surface area contributed by atoms with Crippen LogP contribution in [-0.2, 0) is 0 Å². The lowest BCUT2D eigenvalue weighted by atomic mass is 10.2. The molecule has 2 aromatic heterocycles. The van der Waals surface area contributed by atoms with Gasteiger partial charge in [0.2, 0.25) is 0 Å². The van der Waals surface area contributed by atoms with Crippen LogP contribution in [0.2, 0.25) is 0 Å². The van der Waals surface area contributed by atoms with Gasteiger partial charge >= 0.3 is 0 Å². The molecule has 0 aliphatic heterocycles. The van der Waals surface area contributed by atoms with Crippen molar-refractivity contribution in [2.24, 2.45) is 0 Å². The third kappa shape index (κ3) is 4.67. The van der Waals surface area contributed by atoms with Gasteiger partial charge in [-0.3, -0.25) is 4.90 Å². The molecule has 0 radical (unpaired) electrons. The molecule has 0 saturated carbocycles. The van der Waals surface area contributed by atoms with Gasteiger partial charge < -0.3 is 15.6 Å². The highest BCUT2D eigenvalue weighted by Crippen LogP contribution is 2.26. The Balaban J connectivity index is 1.97. The first-order valence-electron chi connectivity index (χ1n) is 10.4. The number of nitrogen functional groups attached to an aromatic ring is 1. The predicted molar refractivity (Wildman–Crippen MR) is 121 cm³/mol. The molecule has 0 amide bonds. The van der Waals surface area contributed by atoms with Crippen molar-refractivity contribution in [3.8, 4) is 11.4 Å². The van der Waals surface area contributed by atoms with Crippen molar-refractivity contribution in [1.29, 1.82) is 0 Å². The van der Waals surface area contributed by atoms with E-state index in [1.807, 2.05) is 30.6 Å². The highest BCUT2D eigenvalue weighted by atomic mass is 15.2. The van der Waals surface area contributed by atoms with Gasteiger partial charge in [-0.2, -0.15) is 0 Å². The first kappa shape index (κ1) is 21.0. The zero-order valence-electron chi connectivity index (χ0n) is 18.3. The lowest BCUT2D eigenvalue weighted by molar-refractivity contribution is 0.182. The fourth-order valence-corrected chi connectivity index (χ4v) is 3.64. The van der Waals surface area contributed by atoms with E-state index in [4.69, 9.17) is 15.7 Å². The van der Waals surface area contributed by atoms with Crippen LogP contribution in [0.25, 0.3) is 22.6 Å². The fraction of sp³-hybridized carbons (Fsp3) is 0.500. The highest BCUT2D eigenvalue weighted by molar-refractivity contribution is 5.85. The molecule has 0 aliphatic rings. The minimum absolute atomic E-state index is 0.258. The molecule has 0 atom stereocenters. The summed E-state index contributed by atoms with van der Waals surface area (Å²) in [6, 6.07) is 8.92. The number of anilines is 2. The van der Waals surface area contributed by atoms with Crippen LogP contribution in [0.5, 0.6) is 0 Å². The molecule has 0 aliphatic carbocycles. The number of hydrogen-bond donors (Lipinski definition) is 2. The summed E-state index contributed by atoms with van der Waals surface area (Å²) >= 11 is 0. The summed E-state index contributed by atoms with van der Waals surface area (Å²) in [5.74, 6) is 1.42. The average Bonchev–Trinajstić information content (AvgIpc) is 3.08. The number of nitrogens with two attached hydrogens (primary N) is 1. The van der Waals surface area contributed by atoms with E-state index in [9.17, 15) is 0 Å². The largest absolute Gasteiger partial charge is 0.399 e. The van der Waals surface area contributed by atoms with Crippen LogP contribution in [0.3, 0.4) is 0 Å². The topological polar surface area (TPSA) is 84.9 Å². The second kappa shape index (κ2) is 8.78. The predicted octanol–water partition coefficient (Wildman–Crippen LogP) is 4.19. The molecule has 0 fully saturated rings. The second-order valence-electron chi connectivity index (χ2n) is 8.29. The Bertz CT molecular complexity index is 951. The number of nitrogens with zero attached hydrogens (tertiary/aromatic N) is 5. The lowest BCUT2D eigenvalue weighted by Gasteiger charge is -2.30. The maximum absolute atomic E-state index is 5.98. The number of fused-ring (bicyclic) bond motifs is 1. The van der Waals surface area contributed by atoms with E-state index in [1.54, 1.807) is 0 Å². The number of hydrogen-bond acceptors (Lipinski definition) is 6. The molecule has 7 heteroatoms. The summed E-state index contributed by atoms with van der Waals surface area (Å²) in [5.41, 5.74) is 9.21. The molecule has 7 nitrogen and oxygen atoms in total. The van der Waals surface area contributed by atoms with Crippen LogP contribution < -0.4 is 11.1 Å². The Hall–Kier alpha value is -2.67. The molecule has 1 aromatic carbocycles. The Morgan fingerprint density at radius 3 is 2.41 bits per heavy atom. The Morgan fingerprint density at radius 2 is 1.79 bits per heavy atom. The summed E-state index contributed by atoms with van der Waals surface area (Å²) in [5, 5.41) is 3.51. The molecule has 0 unspecified atom stereocenters. The first-order chi connectivity index (χ1) is 13.8. The van der Waals surface area contributed by atoms with Crippen LogP contribution in [0.15, 0.2) is 30.6 Å². The fourth-order valence-electron chi connectivity index (χ4n) is 3.64. The molecule has 2 heterocycles. The molecule has 3 aromatic rings. The summed E-state index contributed by atoms with van der Waals surface area (Å²) in [6.45, 7) is 14.9. The molecule has 0 spiro atoms. The van der Waals surface area contributed by atoms with E-state index in [0.717, 1.165) is 35.6 Å². The van der Waals surface area contributed by atoms with Crippen molar-refractivity contribution in [2.45, 2.75) is 59.7 Å². The second-order valence-corrected chi connectivity index (χ2v) is 8.29. The Kier molecular flexibility index (Phi) is 6.37. The van der Waals surface area contributed by atoms with E-state index in [2.05, 4.69) is 61.3 Å². The van der Waals surface area contributed by atoms with Crippen molar-refractivity contribution < 1.29 is 0 Å². The first-order valence-corrected chi connectivity index (χ1v) is 10.4. The van der Waals surface area contributed by atoms with Crippen LogP contribution in [0.4, 0.5) is 11.5 Å².